The summed E-state index contributed by atoms with van der Waals surface area (Å²) in [5.74, 6) is 4.90. The summed E-state index contributed by atoms with van der Waals surface area (Å²) in [5, 5.41) is 8.56. The lowest BCUT2D eigenvalue weighted by atomic mass is 10.1. The minimum atomic E-state index is -0.298. The number of nitrogens with one attached hydrogen (secondary N) is 1. The van der Waals surface area contributed by atoms with Gasteiger partial charge in [-0.05, 0) is 6.42 Å². The summed E-state index contributed by atoms with van der Waals surface area (Å²) in [6.45, 7) is 3.60. The van der Waals surface area contributed by atoms with Crippen LogP contribution in [0.3, 0.4) is 0 Å². The second kappa shape index (κ2) is 9.09. The Balaban J connectivity index is 4.42. The van der Waals surface area contributed by atoms with Gasteiger partial charge in [0.05, 0.1) is 18.7 Å². The van der Waals surface area contributed by atoms with Crippen LogP contribution in [0.5, 0.6) is 0 Å². The van der Waals surface area contributed by atoms with E-state index in [4.69, 9.17) is 15.8 Å². The van der Waals surface area contributed by atoms with Crippen LogP contribution >= 0.6 is 0 Å². The van der Waals surface area contributed by atoms with E-state index in [1.54, 1.807) is 7.11 Å². The molecule has 3 N–H and O–H groups in total. The number of hydrazine groups is 1. The lowest BCUT2D eigenvalue weighted by Gasteiger charge is -2.28. The van der Waals surface area contributed by atoms with E-state index in [-0.39, 0.29) is 11.9 Å². The van der Waals surface area contributed by atoms with Crippen LogP contribution in [0.4, 0.5) is 0 Å². The van der Waals surface area contributed by atoms with Crippen molar-refractivity contribution >= 4 is 5.91 Å². The first-order valence-corrected chi connectivity index (χ1v) is 5.31. The molecule has 92 valence electrons. The number of hydrogen-bond acceptors (Lipinski definition) is 5. The summed E-state index contributed by atoms with van der Waals surface area (Å²) in [6.07, 6.45) is 1.04. The Labute approximate surface area is 96.3 Å². The fourth-order valence-corrected chi connectivity index (χ4v) is 1.53. The normalized spacial score (nSPS) is 12.2. The van der Waals surface area contributed by atoms with E-state index in [1.807, 2.05) is 11.8 Å². The first-order chi connectivity index (χ1) is 7.71. The highest BCUT2D eigenvalue weighted by molar-refractivity contribution is 5.81. The molecule has 0 aromatic heterocycles. The molecule has 0 fully saturated rings. The quantitative estimate of drug-likeness (QED) is 0.335. The molecule has 0 saturated heterocycles. The lowest BCUT2D eigenvalue weighted by Crippen LogP contribution is -2.50. The molecule has 1 amide bonds. The van der Waals surface area contributed by atoms with Gasteiger partial charge < -0.3 is 4.74 Å². The second-order valence-corrected chi connectivity index (χ2v) is 3.37. The molecular formula is C10H20N4O2. The first-order valence-electron chi connectivity index (χ1n) is 5.31. The van der Waals surface area contributed by atoms with Crippen LogP contribution < -0.4 is 11.3 Å². The zero-order valence-corrected chi connectivity index (χ0v) is 9.90. The van der Waals surface area contributed by atoms with Crippen LogP contribution in [-0.2, 0) is 9.53 Å². The van der Waals surface area contributed by atoms with Gasteiger partial charge in [0.1, 0.15) is 0 Å². The topological polar surface area (TPSA) is 91.4 Å². The summed E-state index contributed by atoms with van der Waals surface area (Å²) in [5.41, 5.74) is 2.14. The van der Waals surface area contributed by atoms with Gasteiger partial charge in [-0.15, -0.1) is 0 Å². The van der Waals surface area contributed by atoms with Gasteiger partial charge in [0, 0.05) is 26.6 Å². The maximum atomic E-state index is 11.5. The highest BCUT2D eigenvalue weighted by Crippen LogP contribution is 2.05. The summed E-state index contributed by atoms with van der Waals surface area (Å²) < 4.78 is 4.97. The molecule has 0 saturated carbocycles. The Hall–Kier alpha value is -1.16. The summed E-state index contributed by atoms with van der Waals surface area (Å²) in [4.78, 5) is 13.4. The van der Waals surface area contributed by atoms with E-state index in [9.17, 15) is 4.79 Å². The van der Waals surface area contributed by atoms with Crippen LogP contribution in [0.15, 0.2) is 0 Å². The Bertz CT molecular complexity index is 239. The van der Waals surface area contributed by atoms with Gasteiger partial charge in [-0.2, -0.15) is 5.26 Å². The van der Waals surface area contributed by atoms with Crippen molar-refractivity contribution in [1.82, 2.24) is 10.3 Å². The molecule has 1 unspecified atom stereocenters. The molecule has 6 heteroatoms. The van der Waals surface area contributed by atoms with Gasteiger partial charge >= 0.3 is 0 Å². The predicted molar refractivity (Wildman–Crippen MR) is 60.1 cm³/mol. The molecule has 0 aromatic carbocycles. The minimum Gasteiger partial charge on any atom is -0.383 e. The number of nitrogens with two attached hydrogens (primary N) is 1. The van der Waals surface area contributed by atoms with E-state index in [1.165, 1.54) is 0 Å². The average molecular weight is 228 g/mol. The summed E-state index contributed by atoms with van der Waals surface area (Å²) >= 11 is 0. The van der Waals surface area contributed by atoms with Crippen molar-refractivity contribution in [3.8, 4) is 6.07 Å². The van der Waals surface area contributed by atoms with E-state index in [2.05, 4.69) is 11.5 Å². The van der Waals surface area contributed by atoms with E-state index < -0.39 is 0 Å². The molecule has 0 heterocycles. The molecule has 0 spiro atoms. The molecule has 0 radical (unpaired) electrons. The number of ether oxygens (including phenoxy) is 1. The standard InChI is InChI=1S/C10H20N4O2/c1-3-9(10(15)13-12)14(6-4-5-11)7-8-16-2/h9H,3-4,6-8,12H2,1-2H3,(H,13,15). The Morgan fingerprint density at radius 2 is 2.31 bits per heavy atom. The molecule has 0 aromatic rings. The van der Waals surface area contributed by atoms with E-state index in [0.717, 1.165) is 0 Å². The van der Waals surface area contributed by atoms with Gasteiger partial charge in [-0.25, -0.2) is 5.84 Å². The molecule has 1 atom stereocenters. The van der Waals surface area contributed by atoms with E-state index >= 15 is 0 Å². The number of amides is 1. The van der Waals surface area contributed by atoms with Crippen molar-refractivity contribution in [2.24, 2.45) is 5.84 Å². The van der Waals surface area contributed by atoms with Crippen LogP contribution in [0.1, 0.15) is 19.8 Å². The van der Waals surface area contributed by atoms with Crippen LogP contribution in [0, 0.1) is 11.3 Å². The third kappa shape index (κ3) is 5.07. The predicted octanol–water partition coefficient (Wildman–Crippen LogP) is -0.383. The maximum Gasteiger partial charge on any atom is 0.251 e. The van der Waals surface area contributed by atoms with Gasteiger partial charge in [0.25, 0.3) is 5.91 Å². The zero-order chi connectivity index (χ0) is 12.4. The van der Waals surface area contributed by atoms with Crippen molar-refractivity contribution < 1.29 is 9.53 Å². The third-order valence-electron chi connectivity index (χ3n) is 2.37. The van der Waals surface area contributed by atoms with Gasteiger partial charge in [0.2, 0.25) is 0 Å². The Morgan fingerprint density at radius 3 is 2.75 bits per heavy atom. The first kappa shape index (κ1) is 14.8. The highest BCUT2D eigenvalue weighted by atomic mass is 16.5. The fraction of sp³-hybridized carbons (Fsp3) is 0.800. The van der Waals surface area contributed by atoms with Crippen LogP contribution in [0.2, 0.25) is 0 Å². The molecule has 0 aliphatic rings. The Morgan fingerprint density at radius 1 is 1.62 bits per heavy atom. The SMILES string of the molecule is CCC(C(=O)NN)N(CCC#N)CCOC. The number of nitrogens with zero attached hydrogens (tertiary/aromatic N) is 2. The van der Waals surface area contributed by atoms with Crippen molar-refractivity contribution in [3.63, 3.8) is 0 Å². The summed E-state index contributed by atoms with van der Waals surface area (Å²) in [7, 11) is 1.60. The number of carbonyl (C=O) groups excluding carboxylic acids is 1. The van der Waals surface area contributed by atoms with Gasteiger partial charge in [0.15, 0.2) is 0 Å². The number of hydrogen-bond donors (Lipinski definition) is 2. The molecule has 0 rings (SSSR count). The minimum absolute atomic E-state index is 0.225. The van der Waals surface area contributed by atoms with Crippen molar-refractivity contribution in [2.45, 2.75) is 25.8 Å². The van der Waals surface area contributed by atoms with Gasteiger partial charge in [-0.1, -0.05) is 6.92 Å². The van der Waals surface area contributed by atoms with Gasteiger partial charge in [-0.3, -0.25) is 15.1 Å². The smallest absolute Gasteiger partial charge is 0.251 e. The number of rotatable bonds is 8. The molecule has 0 aliphatic heterocycles. The monoisotopic (exact) mass is 228 g/mol. The summed E-state index contributed by atoms with van der Waals surface area (Å²) in [6, 6.07) is 1.77. The van der Waals surface area contributed by atoms with Crippen molar-refractivity contribution in [3.05, 3.63) is 0 Å². The molecule has 6 nitrogen and oxygen atoms in total. The van der Waals surface area contributed by atoms with Crippen molar-refractivity contribution in [2.75, 3.05) is 26.8 Å². The zero-order valence-electron chi connectivity index (χ0n) is 9.90. The second-order valence-electron chi connectivity index (χ2n) is 3.37. The third-order valence-corrected chi connectivity index (χ3v) is 2.37. The van der Waals surface area contributed by atoms with E-state index in [0.29, 0.717) is 32.5 Å². The number of nitriles is 1. The molecule has 16 heavy (non-hydrogen) atoms. The molecule has 0 bridgehead atoms. The lowest BCUT2D eigenvalue weighted by molar-refractivity contribution is -0.126. The molecular weight excluding hydrogens is 208 g/mol. The number of methoxy groups -OCH3 is 1. The van der Waals surface area contributed by atoms with Crippen molar-refractivity contribution in [1.29, 1.82) is 5.26 Å². The fourth-order valence-electron chi connectivity index (χ4n) is 1.53. The van der Waals surface area contributed by atoms with Crippen LogP contribution in [-0.4, -0.2) is 43.7 Å². The average Bonchev–Trinajstić information content (AvgIpc) is 2.32. The maximum absolute atomic E-state index is 11.5. The molecule has 0 aliphatic carbocycles. The largest absolute Gasteiger partial charge is 0.383 e. The van der Waals surface area contributed by atoms with Crippen LogP contribution in [0.25, 0.3) is 0 Å². The number of carbonyl (C=O) groups is 1. The highest BCUT2D eigenvalue weighted by Gasteiger charge is 2.22. The Kier molecular flexibility index (Phi) is 8.43.